The standard InChI is InChI=1S/C16H23N3O/c1-17-13-8-9-18-14(11-13)16(20)19-10-4-6-12-5-2-3-7-15(12)19/h8-9,11-12,15H,2-7,10H2,1H3,(H,17,18). The van der Waals surface area contributed by atoms with Gasteiger partial charge in [0.15, 0.2) is 0 Å². The van der Waals surface area contributed by atoms with Crippen LogP contribution < -0.4 is 5.32 Å². The van der Waals surface area contributed by atoms with E-state index in [0.29, 0.717) is 17.7 Å². The monoisotopic (exact) mass is 273 g/mol. The largest absolute Gasteiger partial charge is 0.388 e. The smallest absolute Gasteiger partial charge is 0.272 e. The topological polar surface area (TPSA) is 45.2 Å². The normalized spacial score (nSPS) is 25.9. The van der Waals surface area contributed by atoms with Gasteiger partial charge in [0.1, 0.15) is 5.69 Å². The lowest BCUT2D eigenvalue weighted by Crippen LogP contribution is -2.49. The Labute approximate surface area is 120 Å². The molecule has 3 rings (SSSR count). The third-order valence-electron chi connectivity index (χ3n) is 4.77. The predicted octanol–water partition coefficient (Wildman–Crippen LogP) is 2.92. The fourth-order valence-corrected chi connectivity index (χ4v) is 3.73. The van der Waals surface area contributed by atoms with Crippen LogP contribution >= 0.6 is 0 Å². The molecule has 2 aliphatic rings. The summed E-state index contributed by atoms with van der Waals surface area (Å²) < 4.78 is 0. The Kier molecular flexibility index (Phi) is 3.90. The summed E-state index contributed by atoms with van der Waals surface area (Å²) in [5, 5.41) is 3.07. The zero-order valence-corrected chi connectivity index (χ0v) is 12.1. The molecule has 1 aliphatic carbocycles. The van der Waals surface area contributed by atoms with Crippen molar-refractivity contribution in [2.75, 3.05) is 18.9 Å². The molecule has 1 aliphatic heterocycles. The van der Waals surface area contributed by atoms with Gasteiger partial charge in [-0.15, -0.1) is 0 Å². The quantitative estimate of drug-likeness (QED) is 0.901. The van der Waals surface area contributed by atoms with Crippen molar-refractivity contribution < 1.29 is 4.79 Å². The second-order valence-corrected chi connectivity index (χ2v) is 5.93. The second-order valence-electron chi connectivity index (χ2n) is 5.93. The average Bonchev–Trinajstić information content (AvgIpc) is 2.53. The zero-order chi connectivity index (χ0) is 13.9. The first-order valence-corrected chi connectivity index (χ1v) is 7.74. The maximum atomic E-state index is 12.8. The van der Waals surface area contributed by atoms with Crippen molar-refractivity contribution >= 4 is 11.6 Å². The van der Waals surface area contributed by atoms with Crippen LogP contribution in [0.1, 0.15) is 49.0 Å². The Morgan fingerprint density at radius 3 is 2.95 bits per heavy atom. The average molecular weight is 273 g/mol. The highest BCUT2D eigenvalue weighted by Gasteiger charge is 2.36. The molecule has 2 unspecified atom stereocenters. The predicted molar refractivity (Wildman–Crippen MR) is 79.8 cm³/mol. The third kappa shape index (κ3) is 2.51. The van der Waals surface area contributed by atoms with Crippen molar-refractivity contribution in [2.45, 2.75) is 44.6 Å². The number of anilines is 1. The highest BCUT2D eigenvalue weighted by atomic mass is 16.2. The summed E-state index contributed by atoms with van der Waals surface area (Å²) in [6.07, 6.45) is 9.19. The number of amides is 1. The summed E-state index contributed by atoms with van der Waals surface area (Å²) in [7, 11) is 1.86. The molecule has 0 aromatic carbocycles. The first-order valence-electron chi connectivity index (χ1n) is 7.74. The first kappa shape index (κ1) is 13.4. The molecule has 2 atom stereocenters. The van der Waals surface area contributed by atoms with Crippen molar-refractivity contribution in [2.24, 2.45) is 5.92 Å². The summed E-state index contributed by atoms with van der Waals surface area (Å²) >= 11 is 0. The number of hydrogen-bond acceptors (Lipinski definition) is 3. The van der Waals surface area contributed by atoms with E-state index in [9.17, 15) is 4.79 Å². The Balaban J connectivity index is 1.81. The lowest BCUT2D eigenvalue weighted by atomic mass is 9.78. The van der Waals surface area contributed by atoms with E-state index in [1.54, 1.807) is 6.20 Å². The molecule has 1 aromatic rings. The van der Waals surface area contributed by atoms with E-state index in [0.717, 1.165) is 18.7 Å². The lowest BCUT2D eigenvalue weighted by molar-refractivity contribution is 0.0385. The molecule has 2 heterocycles. The van der Waals surface area contributed by atoms with Gasteiger partial charge < -0.3 is 10.2 Å². The number of carbonyl (C=O) groups excluding carboxylic acids is 1. The van der Waals surface area contributed by atoms with Gasteiger partial charge in [0.2, 0.25) is 0 Å². The lowest BCUT2D eigenvalue weighted by Gasteiger charge is -2.44. The third-order valence-corrected chi connectivity index (χ3v) is 4.77. The van der Waals surface area contributed by atoms with Crippen LogP contribution in [0.25, 0.3) is 0 Å². The van der Waals surface area contributed by atoms with E-state index < -0.39 is 0 Å². The molecular weight excluding hydrogens is 250 g/mol. The highest BCUT2D eigenvalue weighted by molar-refractivity contribution is 5.93. The Morgan fingerprint density at radius 1 is 1.30 bits per heavy atom. The van der Waals surface area contributed by atoms with Gasteiger partial charge in [0, 0.05) is 31.5 Å². The molecule has 0 radical (unpaired) electrons. The number of piperidine rings is 1. The van der Waals surface area contributed by atoms with Crippen LogP contribution in [0.3, 0.4) is 0 Å². The summed E-state index contributed by atoms with van der Waals surface area (Å²) in [5.41, 5.74) is 1.52. The number of carbonyl (C=O) groups is 1. The fourth-order valence-electron chi connectivity index (χ4n) is 3.73. The summed E-state index contributed by atoms with van der Waals surface area (Å²) in [4.78, 5) is 19.1. The minimum Gasteiger partial charge on any atom is -0.388 e. The molecule has 108 valence electrons. The Hall–Kier alpha value is -1.58. The summed E-state index contributed by atoms with van der Waals surface area (Å²) in [6, 6.07) is 4.19. The number of aromatic nitrogens is 1. The summed E-state index contributed by atoms with van der Waals surface area (Å²) in [6.45, 7) is 0.894. The van der Waals surface area contributed by atoms with Crippen LogP contribution in [0.4, 0.5) is 5.69 Å². The molecule has 4 nitrogen and oxygen atoms in total. The number of nitrogens with one attached hydrogen (secondary N) is 1. The van der Waals surface area contributed by atoms with E-state index in [4.69, 9.17) is 0 Å². The maximum Gasteiger partial charge on any atom is 0.272 e. The van der Waals surface area contributed by atoms with E-state index in [2.05, 4.69) is 15.2 Å². The van der Waals surface area contributed by atoms with Gasteiger partial charge in [-0.05, 0) is 43.7 Å². The van der Waals surface area contributed by atoms with Crippen LogP contribution in [0, 0.1) is 5.92 Å². The van der Waals surface area contributed by atoms with Gasteiger partial charge in [-0.25, -0.2) is 0 Å². The Morgan fingerprint density at radius 2 is 2.10 bits per heavy atom. The van der Waals surface area contributed by atoms with Crippen LogP contribution in [0.2, 0.25) is 0 Å². The molecule has 1 N–H and O–H groups in total. The zero-order valence-electron chi connectivity index (χ0n) is 12.1. The fraction of sp³-hybridized carbons (Fsp3) is 0.625. The van der Waals surface area contributed by atoms with Gasteiger partial charge in [0.05, 0.1) is 0 Å². The van der Waals surface area contributed by atoms with Gasteiger partial charge >= 0.3 is 0 Å². The van der Waals surface area contributed by atoms with E-state index in [1.165, 1.54) is 32.1 Å². The van der Waals surface area contributed by atoms with Gasteiger partial charge in [-0.2, -0.15) is 0 Å². The van der Waals surface area contributed by atoms with Crippen molar-refractivity contribution in [1.29, 1.82) is 0 Å². The molecule has 1 saturated carbocycles. The van der Waals surface area contributed by atoms with Crippen LogP contribution in [0.5, 0.6) is 0 Å². The van der Waals surface area contributed by atoms with Crippen molar-refractivity contribution in [3.05, 3.63) is 24.0 Å². The molecule has 1 saturated heterocycles. The van der Waals surface area contributed by atoms with Crippen LogP contribution in [-0.2, 0) is 0 Å². The highest BCUT2D eigenvalue weighted by Crippen LogP contribution is 2.35. The summed E-state index contributed by atoms with van der Waals surface area (Å²) in [5.74, 6) is 0.827. The first-order chi connectivity index (χ1) is 9.79. The number of likely N-dealkylation sites (tertiary alicyclic amines) is 1. The molecule has 2 fully saturated rings. The second kappa shape index (κ2) is 5.81. The molecular formula is C16H23N3O. The molecule has 20 heavy (non-hydrogen) atoms. The maximum absolute atomic E-state index is 12.8. The van der Waals surface area contributed by atoms with Crippen molar-refractivity contribution in [1.82, 2.24) is 9.88 Å². The van der Waals surface area contributed by atoms with Gasteiger partial charge in [-0.1, -0.05) is 12.8 Å². The Bertz CT molecular complexity index is 486. The molecule has 4 heteroatoms. The number of rotatable bonds is 2. The number of pyridine rings is 1. The van der Waals surface area contributed by atoms with Gasteiger partial charge in [0.25, 0.3) is 5.91 Å². The molecule has 0 bridgehead atoms. The van der Waals surface area contributed by atoms with Crippen molar-refractivity contribution in [3.8, 4) is 0 Å². The van der Waals surface area contributed by atoms with Crippen LogP contribution in [0.15, 0.2) is 18.3 Å². The van der Waals surface area contributed by atoms with Gasteiger partial charge in [-0.3, -0.25) is 9.78 Å². The number of hydrogen-bond donors (Lipinski definition) is 1. The van der Waals surface area contributed by atoms with Crippen LogP contribution in [-0.4, -0.2) is 35.4 Å². The van der Waals surface area contributed by atoms with Crippen molar-refractivity contribution in [3.63, 3.8) is 0 Å². The molecule has 0 spiro atoms. The number of nitrogens with zero attached hydrogens (tertiary/aromatic N) is 2. The molecule has 1 amide bonds. The SMILES string of the molecule is CNc1ccnc(C(=O)N2CCCC3CCCCC32)c1. The molecule has 1 aromatic heterocycles. The minimum atomic E-state index is 0.110. The number of fused-ring (bicyclic) bond motifs is 1. The van der Waals surface area contributed by atoms with E-state index in [1.807, 2.05) is 19.2 Å². The minimum absolute atomic E-state index is 0.110. The van der Waals surface area contributed by atoms with E-state index >= 15 is 0 Å². The van der Waals surface area contributed by atoms with E-state index in [-0.39, 0.29) is 5.91 Å².